The third-order valence-corrected chi connectivity index (χ3v) is 2.64. The fourth-order valence-electron chi connectivity index (χ4n) is 1.30. The smallest absolute Gasteiger partial charge is 0.141 e. The normalized spacial score (nSPS) is 10.1. The topological polar surface area (TPSA) is 17.1 Å². The molecule has 0 saturated carbocycles. The zero-order chi connectivity index (χ0) is 11.4. The molecule has 0 saturated heterocycles. The maximum atomic E-state index is 11.5. The molecular formula is C12H12Cl2O. The Morgan fingerprint density at radius 1 is 1.33 bits per heavy atom. The van der Waals surface area contributed by atoms with E-state index in [4.69, 9.17) is 23.2 Å². The van der Waals surface area contributed by atoms with Gasteiger partial charge in [-0.2, -0.15) is 0 Å². The van der Waals surface area contributed by atoms with Gasteiger partial charge < -0.3 is 0 Å². The third-order valence-electron chi connectivity index (χ3n) is 1.93. The maximum Gasteiger partial charge on any atom is 0.141 e. The molecule has 0 fully saturated rings. The van der Waals surface area contributed by atoms with Crippen LogP contribution in [-0.4, -0.2) is 5.78 Å². The highest BCUT2D eigenvalue weighted by molar-refractivity contribution is 6.36. The van der Waals surface area contributed by atoms with E-state index in [1.54, 1.807) is 18.2 Å². The van der Waals surface area contributed by atoms with Gasteiger partial charge in [-0.05, 0) is 24.6 Å². The van der Waals surface area contributed by atoms with Gasteiger partial charge in [0, 0.05) is 22.9 Å². The number of halogens is 2. The first kappa shape index (κ1) is 12.3. The lowest BCUT2D eigenvalue weighted by Gasteiger charge is -2.05. The average Bonchev–Trinajstić information content (AvgIpc) is 2.10. The Labute approximate surface area is 99.7 Å². The number of hydrogen-bond acceptors (Lipinski definition) is 1. The van der Waals surface area contributed by atoms with Gasteiger partial charge in [-0.3, -0.25) is 4.79 Å². The average molecular weight is 243 g/mol. The molecule has 0 unspecified atom stereocenters. The van der Waals surface area contributed by atoms with Crippen LogP contribution in [-0.2, 0) is 11.2 Å². The molecule has 0 aromatic heterocycles. The summed E-state index contributed by atoms with van der Waals surface area (Å²) in [5, 5.41) is 1.08. The second kappa shape index (κ2) is 5.34. The summed E-state index contributed by atoms with van der Waals surface area (Å²) in [7, 11) is 0. The van der Waals surface area contributed by atoms with Gasteiger partial charge in [-0.25, -0.2) is 0 Å². The van der Waals surface area contributed by atoms with Crippen molar-refractivity contribution in [2.75, 3.05) is 0 Å². The van der Waals surface area contributed by atoms with Gasteiger partial charge in [0.15, 0.2) is 0 Å². The zero-order valence-electron chi connectivity index (χ0n) is 8.52. The Balaban J connectivity index is 2.80. The third kappa shape index (κ3) is 3.69. The minimum atomic E-state index is 0.0810. The van der Waals surface area contributed by atoms with E-state index in [0.29, 0.717) is 22.0 Å². The van der Waals surface area contributed by atoms with E-state index in [-0.39, 0.29) is 12.2 Å². The van der Waals surface area contributed by atoms with Gasteiger partial charge in [-0.1, -0.05) is 41.4 Å². The Kier molecular flexibility index (Phi) is 4.37. The summed E-state index contributed by atoms with van der Waals surface area (Å²) >= 11 is 11.9. The number of hydrogen-bond donors (Lipinski definition) is 0. The van der Waals surface area contributed by atoms with E-state index in [9.17, 15) is 4.79 Å². The molecule has 0 radical (unpaired) electrons. The van der Waals surface area contributed by atoms with Crippen LogP contribution in [0.25, 0.3) is 0 Å². The van der Waals surface area contributed by atoms with Crippen LogP contribution in [0, 0.1) is 0 Å². The fourth-order valence-corrected chi connectivity index (χ4v) is 1.83. The molecule has 1 nitrogen and oxygen atoms in total. The molecule has 0 N–H and O–H groups in total. The second-order valence-corrected chi connectivity index (χ2v) is 4.36. The molecule has 1 aromatic carbocycles. The van der Waals surface area contributed by atoms with Crippen molar-refractivity contribution in [3.8, 4) is 0 Å². The molecule has 0 amide bonds. The van der Waals surface area contributed by atoms with Crippen molar-refractivity contribution in [2.24, 2.45) is 0 Å². The molecule has 15 heavy (non-hydrogen) atoms. The van der Waals surface area contributed by atoms with Gasteiger partial charge >= 0.3 is 0 Å². The Morgan fingerprint density at radius 2 is 1.87 bits per heavy atom. The first-order valence-corrected chi connectivity index (χ1v) is 5.35. The lowest BCUT2D eigenvalue weighted by atomic mass is 10.0. The van der Waals surface area contributed by atoms with E-state index >= 15 is 0 Å². The van der Waals surface area contributed by atoms with Crippen molar-refractivity contribution in [2.45, 2.75) is 19.8 Å². The Bertz CT molecular complexity index is 376. The van der Waals surface area contributed by atoms with E-state index in [1.807, 2.05) is 6.92 Å². The number of carbonyl (C=O) groups is 1. The monoisotopic (exact) mass is 242 g/mol. The van der Waals surface area contributed by atoms with E-state index in [1.165, 1.54) is 0 Å². The van der Waals surface area contributed by atoms with Crippen LogP contribution < -0.4 is 0 Å². The van der Waals surface area contributed by atoms with Gasteiger partial charge in [0.05, 0.1) is 0 Å². The highest BCUT2D eigenvalue weighted by atomic mass is 35.5. The van der Waals surface area contributed by atoms with Crippen LogP contribution in [0.3, 0.4) is 0 Å². The van der Waals surface area contributed by atoms with Crippen molar-refractivity contribution in [1.82, 2.24) is 0 Å². The number of Topliss-reactive ketones (excluding diaryl/α,β-unsaturated/α-hetero) is 1. The predicted molar refractivity (Wildman–Crippen MR) is 64.6 cm³/mol. The highest BCUT2D eigenvalue weighted by Crippen LogP contribution is 2.25. The van der Waals surface area contributed by atoms with E-state index in [2.05, 4.69) is 6.58 Å². The molecule has 0 aliphatic heterocycles. The first-order chi connectivity index (χ1) is 7.00. The van der Waals surface area contributed by atoms with Gasteiger partial charge in [0.2, 0.25) is 0 Å². The number of carbonyl (C=O) groups excluding carboxylic acids is 1. The Hall–Kier alpha value is -0.790. The van der Waals surface area contributed by atoms with Crippen molar-refractivity contribution in [1.29, 1.82) is 0 Å². The van der Waals surface area contributed by atoms with Crippen LogP contribution in [0.15, 0.2) is 30.4 Å². The summed E-state index contributed by atoms with van der Waals surface area (Å²) in [6.07, 6.45) is 0.646. The number of allylic oxidation sites excluding steroid dienone is 1. The Morgan fingerprint density at radius 3 is 2.33 bits per heavy atom. The molecule has 1 aromatic rings. The van der Waals surface area contributed by atoms with Crippen molar-refractivity contribution >= 4 is 29.0 Å². The van der Waals surface area contributed by atoms with Gasteiger partial charge in [0.1, 0.15) is 5.78 Å². The van der Waals surface area contributed by atoms with Crippen LogP contribution in [0.5, 0.6) is 0 Å². The quantitative estimate of drug-likeness (QED) is 0.728. The van der Waals surface area contributed by atoms with Crippen molar-refractivity contribution < 1.29 is 4.79 Å². The lowest BCUT2D eigenvalue weighted by molar-refractivity contribution is -0.117. The van der Waals surface area contributed by atoms with Crippen LogP contribution in [0.2, 0.25) is 10.0 Å². The second-order valence-electron chi connectivity index (χ2n) is 3.55. The van der Waals surface area contributed by atoms with Crippen LogP contribution >= 0.6 is 23.2 Å². The summed E-state index contributed by atoms with van der Waals surface area (Å²) in [4.78, 5) is 11.5. The molecule has 0 aliphatic rings. The molecule has 1 rings (SSSR count). The first-order valence-electron chi connectivity index (χ1n) is 4.59. The number of rotatable bonds is 4. The van der Waals surface area contributed by atoms with E-state index < -0.39 is 0 Å². The molecule has 0 aliphatic carbocycles. The van der Waals surface area contributed by atoms with Crippen LogP contribution in [0.4, 0.5) is 0 Å². The molecule has 0 atom stereocenters. The minimum absolute atomic E-state index is 0.0810. The molecule has 0 spiro atoms. The summed E-state index contributed by atoms with van der Waals surface area (Å²) in [5.74, 6) is 0.0810. The minimum Gasteiger partial charge on any atom is -0.299 e. The van der Waals surface area contributed by atoms with Gasteiger partial charge in [-0.15, -0.1) is 0 Å². The summed E-state index contributed by atoms with van der Waals surface area (Å²) < 4.78 is 0. The molecule has 0 heterocycles. The van der Waals surface area contributed by atoms with E-state index in [0.717, 1.165) is 5.57 Å². The van der Waals surface area contributed by atoms with Crippen molar-refractivity contribution in [3.05, 3.63) is 46.0 Å². The summed E-state index contributed by atoms with van der Waals surface area (Å²) in [6.45, 7) is 5.52. The molecular weight excluding hydrogens is 231 g/mol. The maximum absolute atomic E-state index is 11.5. The fraction of sp³-hybridized carbons (Fsp3) is 0.250. The molecule has 80 valence electrons. The largest absolute Gasteiger partial charge is 0.299 e. The lowest BCUT2D eigenvalue weighted by Crippen LogP contribution is -2.03. The van der Waals surface area contributed by atoms with Crippen LogP contribution in [0.1, 0.15) is 18.9 Å². The summed E-state index contributed by atoms with van der Waals surface area (Å²) in [6, 6.07) is 5.23. The van der Waals surface area contributed by atoms with Crippen molar-refractivity contribution in [3.63, 3.8) is 0 Å². The van der Waals surface area contributed by atoms with Gasteiger partial charge in [0.25, 0.3) is 0 Å². The SMILES string of the molecule is C=C(C)CC(=O)Cc1c(Cl)cccc1Cl. The standard InChI is InChI=1S/C12H12Cl2O/c1-8(2)6-9(15)7-10-11(13)4-3-5-12(10)14/h3-5H,1,6-7H2,2H3. The molecule has 0 bridgehead atoms. The molecule has 3 heteroatoms. The highest BCUT2D eigenvalue weighted by Gasteiger charge is 2.10. The predicted octanol–water partition coefficient (Wildman–Crippen LogP) is 4.07. The number of benzene rings is 1. The summed E-state index contributed by atoms with van der Waals surface area (Å²) in [5.41, 5.74) is 1.55. The number of ketones is 1. The zero-order valence-corrected chi connectivity index (χ0v) is 10.0.